The highest BCUT2D eigenvalue weighted by Crippen LogP contribution is 2.34. The Balaban J connectivity index is 1.84. The van der Waals surface area contributed by atoms with Crippen molar-refractivity contribution in [2.45, 2.75) is 39.4 Å². The maximum Gasteiger partial charge on any atom is 0.421 e. The predicted octanol–water partition coefficient (Wildman–Crippen LogP) is 2.63. The molecule has 2 N–H and O–H groups in total. The number of aryl methyl sites for hydroxylation is 2. The first-order valence-corrected chi connectivity index (χ1v) is 9.24. The second-order valence-electron chi connectivity index (χ2n) is 6.72. The van der Waals surface area contributed by atoms with E-state index in [2.05, 4.69) is 25.7 Å². The summed E-state index contributed by atoms with van der Waals surface area (Å²) < 4.78 is 45.9. The summed E-state index contributed by atoms with van der Waals surface area (Å²) in [5, 5.41) is 10.7. The maximum absolute atomic E-state index is 13.0. The summed E-state index contributed by atoms with van der Waals surface area (Å²) in [5.74, 6) is 0.109. The predicted molar refractivity (Wildman–Crippen MR) is 105 cm³/mol. The number of aliphatic imine (C=N–C) groups is 1. The standard InChI is InChI=1S/C19H27F3N6O/c1-12(11-15-13(2)27-28(5)14(15)3)26-18(23-4)25-9-10-29-17-16(19(20,21)22)7-6-8-24-17/h6-8,12H,9-11H2,1-5H3,(H2,23,25,26). The summed E-state index contributed by atoms with van der Waals surface area (Å²) in [7, 11) is 3.54. The molecule has 0 fully saturated rings. The molecule has 10 heteroatoms. The Hall–Kier alpha value is -2.78. The molecule has 0 saturated heterocycles. The molecule has 0 aliphatic rings. The molecular weight excluding hydrogens is 385 g/mol. The summed E-state index contributed by atoms with van der Waals surface area (Å²) >= 11 is 0. The van der Waals surface area contributed by atoms with E-state index < -0.39 is 17.6 Å². The van der Waals surface area contributed by atoms with E-state index in [1.165, 1.54) is 17.8 Å². The summed E-state index contributed by atoms with van der Waals surface area (Å²) in [5.41, 5.74) is 2.40. The third-order valence-corrected chi connectivity index (χ3v) is 4.49. The number of guanidine groups is 1. The summed E-state index contributed by atoms with van der Waals surface area (Å²) in [6, 6.07) is 2.25. The quantitative estimate of drug-likeness (QED) is 0.415. The zero-order chi connectivity index (χ0) is 21.6. The lowest BCUT2D eigenvalue weighted by molar-refractivity contribution is -0.139. The van der Waals surface area contributed by atoms with Gasteiger partial charge in [0, 0.05) is 32.0 Å². The monoisotopic (exact) mass is 412 g/mol. The van der Waals surface area contributed by atoms with Crippen LogP contribution in [-0.2, 0) is 19.6 Å². The Morgan fingerprint density at radius 1 is 1.34 bits per heavy atom. The number of rotatable bonds is 7. The van der Waals surface area contributed by atoms with Crippen molar-refractivity contribution in [3.05, 3.63) is 40.8 Å². The molecule has 29 heavy (non-hydrogen) atoms. The van der Waals surface area contributed by atoms with Crippen LogP contribution in [0.15, 0.2) is 23.3 Å². The first-order valence-electron chi connectivity index (χ1n) is 9.24. The van der Waals surface area contributed by atoms with Crippen molar-refractivity contribution >= 4 is 5.96 Å². The molecule has 2 aromatic rings. The van der Waals surface area contributed by atoms with Crippen molar-refractivity contribution in [3.63, 3.8) is 0 Å². The third kappa shape index (κ3) is 6.10. The Morgan fingerprint density at radius 2 is 2.07 bits per heavy atom. The van der Waals surface area contributed by atoms with E-state index in [9.17, 15) is 13.2 Å². The summed E-state index contributed by atoms with van der Waals surface area (Å²) in [6.07, 6.45) is -2.47. The molecule has 2 heterocycles. The van der Waals surface area contributed by atoms with Crippen molar-refractivity contribution in [1.82, 2.24) is 25.4 Å². The van der Waals surface area contributed by atoms with Gasteiger partial charge in [-0.05, 0) is 44.9 Å². The number of pyridine rings is 1. The number of nitrogens with zero attached hydrogens (tertiary/aromatic N) is 4. The van der Waals surface area contributed by atoms with Gasteiger partial charge in [-0.25, -0.2) is 4.98 Å². The van der Waals surface area contributed by atoms with Crippen LogP contribution in [-0.4, -0.2) is 47.0 Å². The van der Waals surface area contributed by atoms with Crippen molar-refractivity contribution in [2.75, 3.05) is 20.2 Å². The van der Waals surface area contributed by atoms with Crippen LogP contribution >= 0.6 is 0 Å². The second kappa shape index (κ2) is 9.62. The van der Waals surface area contributed by atoms with E-state index in [1.807, 2.05) is 32.5 Å². The van der Waals surface area contributed by atoms with E-state index in [-0.39, 0.29) is 19.2 Å². The molecule has 0 aromatic carbocycles. The first kappa shape index (κ1) is 22.5. The van der Waals surface area contributed by atoms with E-state index >= 15 is 0 Å². The van der Waals surface area contributed by atoms with Gasteiger partial charge in [0.05, 0.1) is 12.2 Å². The fraction of sp³-hybridized carbons (Fsp3) is 0.526. The largest absolute Gasteiger partial charge is 0.475 e. The van der Waals surface area contributed by atoms with Gasteiger partial charge in [0.2, 0.25) is 5.88 Å². The zero-order valence-electron chi connectivity index (χ0n) is 17.3. The number of halogens is 3. The molecule has 0 bridgehead atoms. The van der Waals surface area contributed by atoms with Crippen LogP contribution in [0.25, 0.3) is 0 Å². The van der Waals surface area contributed by atoms with Gasteiger partial charge in [-0.1, -0.05) is 0 Å². The minimum atomic E-state index is -4.51. The Kier molecular flexibility index (Phi) is 7.46. The smallest absolute Gasteiger partial charge is 0.421 e. The fourth-order valence-corrected chi connectivity index (χ4v) is 2.94. The van der Waals surface area contributed by atoms with Crippen LogP contribution in [0.5, 0.6) is 5.88 Å². The highest BCUT2D eigenvalue weighted by molar-refractivity contribution is 5.79. The Morgan fingerprint density at radius 3 is 2.66 bits per heavy atom. The minimum absolute atomic E-state index is 0.00992. The summed E-state index contributed by atoms with van der Waals surface area (Å²) in [4.78, 5) is 7.82. The molecule has 0 spiro atoms. The van der Waals surface area contributed by atoms with Crippen LogP contribution in [0, 0.1) is 13.8 Å². The van der Waals surface area contributed by atoms with Crippen LogP contribution in [0.4, 0.5) is 13.2 Å². The van der Waals surface area contributed by atoms with E-state index in [4.69, 9.17) is 4.74 Å². The first-order chi connectivity index (χ1) is 13.6. The Bertz CT molecular complexity index is 847. The molecule has 2 rings (SSSR count). The van der Waals surface area contributed by atoms with Crippen molar-refractivity contribution < 1.29 is 17.9 Å². The fourth-order valence-electron chi connectivity index (χ4n) is 2.94. The molecule has 0 aliphatic heterocycles. The van der Waals surface area contributed by atoms with Gasteiger partial charge >= 0.3 is 6.18 Å². The average molecular weight is 412 g/mol. The topological polar surface area (TPSA) is 76.4 Å². The number of hydrogen-bond acceptors (Lipinski definition) is 4. The van der Waals surface area contributed by atoms with Gasteiger partial charge in [-0.2, -0.15) is 18.3 Å². The van der Waals surface area contributed by atoms with Crippen LogP contribution in [0.3, 0.4) is 0 Å². The highest BCUT2D eigenvalue weighted by Gasteiger charge is 2.35. The number of nitrogens with one attached hydrogen (secondary N) is 2. The van der Waals surface area contributed by atoms with E-state index in [1.54, 1.807) is 7.05 Å². The van der Waals surface area contributed by atoms with Gasteiger partial charge in [0.1, 0.15) is 12.2 Å². The van der Waals surface area contributed by atoms with E-state index in [0.717, 1.165) is 23.9 Å². The Labute approximate surface area is 168 Å². The normalized spacial score (nSPS) is 13.3. The number of aromatic nitrogens is 3. The van der Waals surface area contributed by atoms with Gasteiger partial charge in [-0.3, -0.25) is 9.67 Å². The molecular formula is C19H27F3N6O. The molecule has 2 aromatic heterocycles. The maximum atomic E-state index is 13.0. The van der Waals surface area contributed by atoms with Crippen molar-refractivity contribution in [1.29, 1.82) is 0 Å². The molecule has 0 aliphatic carbocycles. The van der Waals surface area contributed by atoms with Gasteiger partial charge in [-0.15, -0.1) is 0 Å². The lowest BCUT2D eigenvalue weighted by atomic mass is 10.1. The second-order valence-corrected chi connectivity index (χ2v) is 6.72. The zero-order valence-corrected chi connectivity index (χ0v) is 17.3. The SMILES string of the molecule is CN=C(NCCOc1ncccc1C(F)(F)F)NC(C)Cc1c(C)nn(C)c1C. The van der Waals surface area contributed by atoms with E-state index in [0.29, 0.717) is 5.96 Å². The molecule has 0 saturated carbocycles. The number of hydrogen-bond donors (Lipinski definition) is 2. The number of alkyl halides is 3. The average Bonchev–Trinajstić information content (AvgIpc) is 2.89. The molecule has 1 atom stereocenters. The number of ether oxygens (including phenoxy) is 1. The van der Waals surface area contributed by atoms with Crippen LogP contribution < -0.4 is 15.4 Å². The van der Waals surface area contributed by atoms with Crippen molar-refractivity contribution in [2.24, 2.45) is 12.0 Å². The third-order valence-electron chi connectivity index (χ3n) is 4.49. The molecule has 1 unspecified atom stereocenters. The van der Waals surface area contributed by atoms with Crippen LogP contribution in [0.1, 0.15) is 29.4 Å². The molecule has 0 amide bonds. The highest BCUT2D eigenvalue weighted by atomic mass is 19.4. The molecule has 7 nitrogen and oxygen atoms in total. The van der Waals surface area contributed by atoms with Crippen LogP contribution in [0.2, 0.25) is 0 Å². The molecule has 0 radical (unpaired) electrons. The minimum Gasteiger partial charge on any atom is -0.475 e. The lowest BCUT2D eigenvalue weighted by Gasteiger charge is -2.18. The van der Waals surface area contributed by atoms with Crippen molar-refractivity contribution in [3.8, 4) is 5.88 Å². The van der Waals surface area contributed by atoms with Gasteiger partial charge in [0.15, 0.2) is 5.96 Å². The van der Waals surface area contributed by atoms with Gasteiger partial charge < -0.3 is 15.4 Å². The summed E-state index contributed by atoms with van der Waals surface area (Å²) in [6.45, 7) is 6.31. The molecule has 160 valence electrons. The van der Waals surface area contributed by atoms with Gasteiger partial charge in [0.25, 0.3) is 0 Å². The lowest BCUT2D eigenvalue weighted by Crippen LogP contribution is -2.44.